The van der Waals surface area contributed by atoms with E-state index in [-0.39, 0.29) is 12.1 Å². The fourth-order valence-electron chi connectivity index (χ4n) is 0.760. The summed E-state index contributed by atoms with van der Waals surface area (Å²) >= 11 is 0. The highest BCUT2D eigenvalue weighted by Gasteiger charge is 2.22. The summed E-state index contributed by atoms with van der Waals surface area (Å²) in [6.45, 7) is 7.28. The molecular weight excluding hydrogens is 170 g/mol. The van der Waals surface area contributed by atoms with Crippen LogP contribution in [0.15, 0.2) is 0 Å². The van der Waals surface area contributed by atoms with Crippen molar-refractivity contribution in [2.75, 3.05) is 26.4 Å². The molecule has 0 aliphatic carbocycles. The van der Waals surface area contributed by atoms with E-state index in [1.165, 1.54) is 0 Å². The van der Waals surface area contributed by atoms with Crippen LogP contribution in [0.25, 0.3) is 0 Å². The van der Waals surface area contributed by atoms with Gasteiger partial charge in [-0.05, 0) is 20.8 Å². The summed E-state index contributed by atoms with van der Waals surface area (Å²) in [4.78, 5) is 0. The molecule has 0 fully saturated rings. The highest BCUT2D eigenvalue weighted by atomic mass is 16.5. The lowest BCUT2D eigenvalue weighted by molar-refractivity contribution is 0.0691. The van der Waals surface area contributed by atoms with Crippen LogP contribution in [-0.2, 0) is 4.74 Å². The number of hydrogen-bond donors (Lipinski definition) is 3. The maximum Gasteiger partial charge on any atom is 0.0698 e. The average Bonchev–Trinajstić information content (AvgIpc) is 2.03. The van der Waals surface area contributed by atoms with E-state index in [0.717, 1.165) is 0 Å². The van der Waals surface area contributed by atoms with E-state index < -0.39 is 6.10 Å². The van der Waals surface area contributed by atoms with Crippen molar-refractivity contribution in [1.29, 1.82) is 0 Å². The summed E-state index contributed by atoms with van der Waals surface area (Å²) in [6.07, 6.45) is -0.398. The zero-order chi connectivity index (χ0) is 10.3. The first-order chi connectivity index (χ1) is 6.00. The molecule has 0 bridgehead atoms. The molecule has 1 atom stereocenters. The van der Waals surface area contributed by atoms with Crippen LogP contribution in [0, 0.1) is 0 Å². The van der Waals surface area contributed by atoms with Crippen LogP contribution in [0.5, 0.6) is 0 Å². The Morgan fingerprint density at radius 2 is 2.00 bits per heavy atom. The number of nitrogens with one attached hydrogen (secondary N) is 1. The van der Waals surface area contributed by atoms with Crippen LogP contribution in [0.4, 0.5) is 0 Å². The Morgan fingerprint density at radius 1 is 1.38 bits per heavy atom. The molecule has 80 valence electrons. The van der Waals surface area contributed by atoms with E-state index in [4.69, 9.17) is 9.84 Å². The monoisotopic (exact) mass is 191 g/mol. The molecule has 13 heavy (non-hydrogen) atoms. The molecular formula is C9H21NO3. The molecule has 4 heteroatoms. The Hall–Kier alpha value is -0.160. The zero-order valence-electron chi connectivity index (χ0n) is 8.71. The van der Waals surface area contributed by atoms with Gasteiger partial charge in [0.05, 0.1) is 25.9 Å². The van der Waals surface area contributed by atoms with Gasteiger partial charge in [-0.1, -0.05) is 0 Å². The van der Waals surface area contributed by atoms with Gasteiger partial charge >= 0.3 is 0 Å². The number of hydrogen-bond acceptors (Lipinski definition) is 4. The maximum absolute atomic E-state index is 9.34. The van der Waals surface area contributed by atoms with Crippen molar-refractivity contribution in [2.45, 2.75) is 32.4 Å². The van der Waals surface area contributed by atoms with Crippen molar-refractivity contribution in [1.82, 2.24) is 5.32 Å². The van der Waals surface area contributed by atoms with Crippen LogP contribution in [0.3, 0.4) is 0 Å². The zero-order valence-corrected chi connectivity index (χ0v) is 8.71. The first-order valence-electron chi connectivity index (χ1n) is 4.62. The van der Waals surface area contributed by atoms with Gasteiger partial charge in [-0.2, -0.15) is 0 Å². The Bertz CT molecular complexity index is 126. The van der Waals surface area contributed by atoms with E-state index in [1.54, 1.807) is 6.92 Å². The molecule has 0 spiro atoms. The Labute approximate surface area is 79.9 Å². The van der Waals surface area contributed by atoms with Crippen molar-refractivity contribution >= 4 is 0 Å². The minimum absolute atomic E-state index is 0.0554. The third kappa shape index (κ3) is 5.99. The van der Waals surface area contributed by atoms with Gasteiger partial charge in [0, 0.05) is 12.1 Å². The van der Waals surface area contributed by atoms with Gasteiger partial charge in [-0.3, -0.25) is 0 Å². The number of aliphatic hydroxyl groups excluding tert-OH is 2. The number of aliphatic hydroxyl groups is 2. The van der Waals surface area contributed by atoms with Crippen molar-refractivity contribution in [3.8, 4) is 0 Å². The minimum Gasteiger partial charge on any atom is -0.394 e. The molecule has 0 heterocycles. The summed E-state index contributed by atoms with van der Waals surface area (Å²) in [6, 6.07) is 0. The molecule has 0 aromatic carbocycles. The fraction of sp³-hybridized carbons (Fsp3) is 1.00. The molecule has 0 radical (unpaired) electrons. The summed E-state index contributed by atoms with van der Waals surface area (Å²) < 4.78 is 5.06. The first-order valence-corrected chi connectivity index (χ1v) is 4.62. The van der Waals surface area contributed by atoms with Crippen molar-refractivity contribution < 1.29 is 14.9 Å². The van der Waals surface area contributed by atoms with Crippen molar-refractivity contribution in [3.63, 3.8) is 0 Å². The first kappa shape index (κ1) is 12.8. The lowest BCUT2D eigenvalue weighted by Crippen LogP contribution is -2.49. The molecule has 4 nitrogen and oxygen atoms in total. The Morgan fingerprint density at radius 3 is 2.46 bits per heavy atom. The highest BCUT2D eigenvalue weighted by Crippen LogP contribution is 2.07. The van der Waals surface area contributed by atoms with Crippen LogP contribution >= 0.6 is 0 Å². The standard InChI is InChI=1S/C9H21NO3/c1-8(12)9(2,3)10-4-6-13-7-5-11/h8,10-12H,4-7H2,1-3H3. The van der Waals surface area contributed by atoms with E-state index in [1.807, 2.05) is 13.8 Å². The second kappa shape index (κ2) is 6.32. The molecule has 0 amide bonds. The van der Waals surface area contributed by atoms with E-state index in [9.17, 15) is 5.11 Å². The molecule has 1 unspecified atom stereocenters. The van der Waals surface area contributed by atoms with Crippen LogP contribution < -0.4 is 5.32 Å². The largest absolute Gasteiger partial charge is 0.394 e. The second-order valence-corrected chi connectivity index (χ2v) is 3.66. The normalized spacial score (nSPS) is 14.5. The molecule has 0 aliphatic rings. The third-order valence-corrected chi connectivity index (χ3v) is 2.11. The van der Waals surface area contributed by atoms with Gasteiger partial charge in [-0.25, -0.2) is 0 Å². The van der Waals surface area contributed by atoms with Gasteiger partial charge in [-0.15, -0.1) is 0 Å². The molecule has 0 aliphatic heterocycles. The predicted octanol–water partition coefficient (Wildman–Crippen LogP) is -0.256. The van der Waals surface area contributed by atoms with E-state index >= 15 is 0 Å². The third-order valence-electron chi connectivity index (χ3n) is 2.11. The van der Waals surface area contributed by atoms with Crippen LogP contribution in [-0.4, -0.2) is 48.2 Å². The van der Waals surface area contributed by atoms with Gasteiger partial charge < -0.3 is 20.3 Å². The lowest BCUT2D eigenvalue weighted by Gasteiger charge is -2.29. The summed E-state index contributed by atoms with van der Waals surface area (Å²) in [5.41, 5.74) is -0.289. The quantitative estimate of drug-likeness (QED) is 0.485. The minimum atomic E-state index is -0.398. The summed E-state index contributed by atoms with van der Waals surface area (Å²) in [5.74, 6) is 0. The van der Waals surface area contributed by atoms with E-state index in [0.29, 0.717) is 19.8 Å². The van der Waals surface area contributed by atoms with Gasteiger partial charge in [0.2, 0.25) is 0 Å². The lowest BCUT2D eigenvalue weighted by atomic mass is 9.99. The summed E-state index contributed by atoms with van der Waals surface area (Å²) in [7, 11) is 0. The smallest absolute Gasteiger partial charge is 0.0698 e. The van der Waals surface area contributed by atoms with Crippen LogP contribution in [0.2, 0.25) is 0 Å². The number of ether oxygens (including phenoxy) is 1. The molecule has 0 saturated heterocycles. The molecule has 0 aromatic rings. The highest BCUT2D eigenvalue weighted by molar-refractivity contribution is 4.82. The van der Waals surface area contributed by atoms with E-state index in [2.05, 4.69) is 5.32 Å². The Kier molecular flexibility index (Phi) is 6.24. The molecule has 0 saturated carbocycles. The molecule has 0 aromatic heterocycles. The van der Waals surface area contributed by atoms with Gasteiger partial charge in [0.1, 0.15) is 0 Å². The summed E-state index contributed by atoms with van der Waals surface area (Å²) in [5, 5.41) is 20.9. The SMILES string of the molecule is CC(O)C(C)(C)NCCOCCO. The Balaban J connectivity index is 3.41. The van der Waals surface area contributed by atoms with Crippen molar-refractivity contribution in [3.05, 3.63) is 0 Å². The predicted molar refractivity (Wildman–Crippen MR) is 51.7 cm³/mol. The number of rotatable bonds is 7. The average molecular weight is 191 g/mol. The molecule has 3 N–H and O–H groups in total. The second-order valence-electron chi connectivity index (χ2n) is 3.66. The van der Waals surface area contributed by atoms with Crippen LogP contribution in [0.1, 0.15) is 20.8 Å². The molecule has 0 rings (SSSR count). The maximum atomic E-state index is 9.34. The fourth-order valence-corrected chi connectivity index (χ4v) is 0.760. The van der Waals surface area contributed by atoms with Gasteiger partial charge in [0.25, 0.3) is 0 Å². The van der Waals surface area contributed by atoms with Gasteiger partial charge in [0.15, 0.2) is 0 Å². The van der Waals surface area contributed by atoms with Crippen molar-refractivity contribution in [2.24, 2.45) is 0 Å². The topological polar surface area (TPSA) is 61.7 Å².